The first-order chi connectivity index (χ1) is 14.8. The van der Waals surface area contributed by atoms with Gasteiger partial charge in [-0.1, -0.05) is 60.7 Å². The summed E-state index contributed by atoms with van der Waals surface area (Å²) >= 11 is 0. The van der Waals surface area contributed by atoms with Gasteiger partial charge in [0.05, 0.1) is 12.1 Å². The monoisotopic (exact) mass is 534 g/mol. The fraction of sp³-hybridized carbons (Fsp3) is 0.480. The largest absolute Gasteiger partial charge is 0.373 e. The second kappa shape index (κ2) is 12.4. The molecule has 5 nitrogen and oxygen atoms in total. The number of guanidine groups is 1. The van der Waals surface area contributed by atoms with Crippen molar-refractivity contribution in [2.24, 2.45) is 10.9 Å². The first kappa shape index (κ1) is 24.0. The Bertz CT molecular complexity index is 796. The van der Waals surface area contributed by atoms with Crippen molar-refractivity contribution in [3.05, 3.63) is 71.8 Å². The molecule has 0 bridgehead atoms. The molecule has 0 aromatic heterocycles. The molecule has 6 heteroatoms. The second-order valence-electron chi connectivity index (χ2n) is 8.25. The van der Waals surface area contributed by atoms with Crippen LogP contribution in [0.5, 0.6) is 0 Å². The molecule has 168 valence electrons. The Morgan fingerprint density at radius 2 is 1.71 bits per heavy atom. The number of ether oxygens (including phenoxy) is 1. The number of nitrogens with one attached hydrogen (secondary N) is 2. The lowest BCUT2D eigenvalue weighted by atomic mass is 9.95. The minimum Gasteiger partial charge on any atom is -0.373 e. The van der Waals surface area contributed by atoms with Crippen molar-refractivity contribution in [1.82, 2.24) is 15.5 Å². The Hall–Kier alpha value is -1.64. The zero-order chi connectivity index (χ0) is 20.6. The number of benzene rings is 2. The van der Waals surface area contributed by atoms with Crippen LogP contribution < -0.4 is 10.6 Å². The summed E-state index contributed by atoms with van der Waals surface area (Å²) in [7, 11) is 1.85. The number of rotatable bonds is 7. The first-order valence-electron chi connectivity index (χ1n) is 11.2. The van der Waals surface area contributed by atoms with Gasteiger partial charge in [-0.05, 0) is 43.5 Å². The molecule has 2 N–H and O–H groups in total. The maximum Gasteiger partial charge on any atom is 0.191 e. The standard InChI is InChI=1S/C25H34N4O.HI/c1-26-25(27-18-22-14-17-30-24(22)21-12-6-3-7-13-21)28-19-23(29-15-8-9-16-29)20-10-4-2-5-11-20;/h2-7,10-13,22-24H,8-9,14-19H2,1H3,(H2,26,27,28);1H. The maximum absolute atomic E-state index is 6.03. The van der Waals surface area contributed by atoms with Crippen molar-refractivity contribution >= 4 is 29.9 Å². The Balaban J connectivity index is 0.00000272. The van der Waals surface area contributed by atoms with Crippen LogP contribution in [0.25, 0.3) is 0 Å². The molecule has 2 fully saturated rings. The van der Waals surface area contributed by atoms with Crippen LogP contribution >= 0.6 is 24.0 Å². The van der Waals surface area contributed by atoms with Crippen LogP contribution in [0.2, 0.25) is 0 Å². The molecule has 2 aliphatic heterocycles. The van der Waals surface area contributed by atoms with Crippen LogP contribution in [0.4, 0.5) is 0 Å². The molecular formula is C25H35IN4O. The van der Waals surface area contributed by atoms with Crippen LogP contribution in [0, 0.1) is 5.92 Å². The third-order valence-electron chi connectivity index (χ3n) is 6.33. The zero-order valence-electron chi connectivity index (χ0n) is 18.4. The predicted octanol–water partition coefficient (Wildman–Crippen LogP) is 4.38. The number of aliphatic imine (C=N–C) groups is 1. The van der Waals surface area contributed by atoms with Gasteiger partial charge in [-0.2, -0.15) is 0 Å². The minimum absolute atomic E-state index is 0. The SMILES string of the molecule is CN=C(NCC1CCOC1c1ccccc1)NCC(c1ccccc1)N1CCCC1.I. The molecule has 3 atom stereocenters. The third kappa shape index (κ3) is 6.43. The molecule has 4 rings (SSSR count). The Labute approximate surface area is 203 Å². The van der Waals surface area contributed by atoms with Gasteiger partial charge in [-0.15, -0.1) is 24.0 Å². The van der Waals surface area contributed by atoms with Gasteiger partial charge in [0.15, 0.2) is 5.96 Å². The van der Waals surface area contributed by atoms with Crippen molar-refractivity contribution in [2.75, 3.05) is 39.8 Å². The van der Waals surface area contributed by atoms with E-state index < -0.39 is 0 Å². The van der Waals surface area contributed by atoms with E-state index in [1.54, 1.807) is 0 Å². The lowest BCUT2D eigenvalue weighted by Gasteiger charge is -2.29. The molecule has 3 unspecified atom stereocenters. The van der Waals surface area contributed by atoms with Crippen LogP contribution in [0.3, 0.4) is 0 Å². The summed E-state index contributed by atoms with van der Waals surface area (Å²) in [4.78, 5) is 7.06. The number of halogens is 1. The Morgan fingerprint density at radius 3 is 2.39 bits per heavy atom. The smallest absolute Gasteiger partial charge is 0.191 e. The van der Waals surface area contributed by atoms with Crippen molar-refractivity contribution in [3.8, 4) is 0 Å². The molecule has 0 spiro atoms. The number of likely N-dealkylation sites (tertiary alicyclic amines) is 1. The molecule has 0 amide bonds. The highest BCUT2D eigenvalue weighted by molar-refractivity contribution is 14.0. The van der Waals surface area contributed by atoms with Gasteiger partial charge in [-0.25, -0.2) is 0 Å². The van der Waals surface area contributed by atoms with Crippen LogP contribution in [0.1, 0.15) is 42.5 Å². The van der Waals surface area contributed by atoms with E-state index in [1.807, 2.05) is 7.05 Å². The average Bonchev–Trinajstić information content (AvgIpc) is 3.50. The molecule has 2 aromatic carbocycles. The summed E-state index contributed by atoms with van der Waals surface area (Å²) in [5.74, 6) is 1.32. The van der Waals surface area contributed by atoms with Crippen LogP contribution in [0.15, 0.2) is 65.7 Å². The van der Waals surface area contributed by atoms with E-state index in [0.29, 0.717) is 12.0 Å². The van der Waals surface area contributed by atoms with Gasteiger partial charge in [0.25, 0.3) is 0 Å². The van der Waals surface area contributed by atoms with E-state index in [4.69, 9.17) is 4.74 Å². The molecule has 31 heavy (non-hydrogen) atoms. The second-order valence-corrected chi connectivity index (χ2v) is 8.25. The molecule has 2 saturated heterocycles. The quantitative estimate of drug-likeness (QED) is 0.315. The topological polar surface area (TPSA) is 48.9 Å². The Morgan fingerprint density at radius 1 is 1.03 bits per heavy atom. The number of nitrogens with zero attached hydrogens (tertiary/aromatic N) is 2. The first-order valence-corrected chi connectivity index (χ1v) is 11.2. The maximum atomic E-state index is 6.03. The summed E-state index contributed by atoms with van der Waals surface area (Å²) < 4.78 is 6.03. The van der Waals surface area contributed by atoms with Crippen LogP contribution in [-0.2, 0) is 4.74 Å². The van der Waals surface area contributed by atoms with E-state index in [2.05, 4.69) is 81.2 Å². The van der Waals surface area contributed by atoms with Crippen molar-refractivity contribution in [3.63, 3.8) is 0 Å². The van der Waals surface area contributed by atoms with Gasteiger partial charge in [0, 0.05) is 32.7 Å². The van der Waals surface area contributed by atoms with Crippen LogP contribution in [-0.4, -0.2) is 50.7 Å². The number of hydrogen-bond donors (Lipinski definition) is 2. The molecule has 2 aliphatic rings. The van der Waals surface area contributed by atoms with Crippen molar-refractivity contribution in [1.29, 1.82) is 0 Å². The third-order valence-corrected chi connectivity index (χ3v) is 6.33. The lowest BCUT2D eigenvalue weighted by molar-refractivity contribution is 0.0915. The highest BCUT2D eigenvalue weighted by atomic mass is 127. The Kier molecular flexibility index (Phi) is 9.61. The van der Waals surface area contributed by atoms with Gasteiger partial charge < -0.3 is 15.4 Å². The summed E-state index contributed by atoms with van der Waals surface area (Å²) in [5, 5.41) is 7.13. The van der Waals surface area contributed by atoms with E-state index in [9.17, 15) is 0 Å². The molecule has 2 heterocycles. The van der Waals surface area contributed by atoms with Gasteiger partial charge in [0.2, 0.25) is 0 Å². The van der Waals surface area contributed by atoms with Crippen molar-refractivity contribution in [2.45, 2.75) is 31.4 Å². The van der Waals surface area contributed by atoms with E-state index >= 15 is 0 Å². The molecule has 0 radical (unpaired) electrons. The van der Waals surface area contributed by atoms with Gasteiger partial charge in [-0.3, -0.25) is 9.89 Å². The summed E-state index contributed by atoms with van der Waals surface area (Å²) in [6.45, 7) is 4.88. The molecular weight excluding hydrogens is 499 g/mol. The van der Waals surface area contributed by atoms with E-state index in [0.717, 1.165) is 32.1 Å². The lowest BCUT2D eigenvalue weighted by Crippen LogP contribution is -2.44. The zero-order valence-corrected chi connectivity index (χ0v) is 20.7. The molecule has 0 aliphatic carbocycles. The van der Waals surface area contributed by atoms with Gasteiger partial charge in [0.1, 0.15) is 0 Å². The van der Waals surface area contributed by atoms with Crippen molar-refractivity contribution < 1.29 is 4.74 Å². The fourth-order valence-corrected chi connectivity index (χ4v) is 4.68. The average molecular weight is 534 g/mol. The predicted molar refractivity (Wildman–Crippen MR) is 138 cm³/mol. The molecule has 0 saturated carbocycles. The highest BCUT2D eigenvalue weighted by Gasteiger charge is 2.29. The van der Waals surface area contributed by atoms with E-state index in [1.165, 1.54) is 37.1 Å². The summed E-state index contributed by atoms with van der Waals surface area (Å²) in [6, 6.07) is 21.8. The summed E-state index contributed by atoms with van der Waals surface area (Å²) in [5.41, 5.74) is 2.64. The normalized spacial score (nSPS) is 22.7. The summed E-state index contributed by atoms with van der Waals surface area (Å²) in [6.07, 6.45) is 3.82. The highest BCUT2D eigenvalue weighted by Crippen LogP contribution is 2.33. The fourth-order valence-electron chi connectivity index (χ4n) is 4.68. The minimum atomic E-state index is 0. The van der Waals surface area contributed by atoms with E-state index in [-0.39, 0.29) is 30.1 Å². The molecule has 2 aromatic rings. The number of hydrogen-bond acceptors (Lipinski definition) is 3. The van der Waals surface area contributed by atoms with Gasteiger partial charge >= 0.3 is 0 Å².